The first-order chi connectivity index (χ1) is 5.88. The molecule has 0 radical (unpaired) electrons. The highest BCUT2D eigenvalue weighted by atomic mass is 16.2. The Balaban J connectivity index is 3.04. The molecular weight excluding hydrogens is 170 g/mol. The van der Waals surface area contributed by atoms with Gasteiger partial charge in [-0.3, -0.25) is 14.3 Å². The number of nitrogens with zero attached hydrogens (tertiary/aromatic N) is 1. The van der Waals surface area contributed by atoms with Gasteiger partial charge in [0.1, 0.15) is 0 Å². The SMILES string of the molecule is CC(C)(N)Cn1ccc(=O)[nH]c1=O. The second-order valence-electron chi connectivity index (χ2n) is 3.73. The molecule has 0 saturated heterocycles. The van der Waals surface area contributed by atoms with Crippen LogP contribution in [0.5, 0.6) is 0 Å². The van der Waals surface area contributed by atoms with Crippen molar-refractivity contribution in [3.63, 3.8) is 0 Å². The maximum atomic E-state index is 11.2. The van der Waals surface area contributed by atoms with E-state index in [1.807, 2.05) is 13.8 Å². The third kappa shape index (κ3) is 2.87. The maximum absolute atomic E-state index is 11.2. The van der Waals surface area contributed by atoms with Crippen LogP contribution < -0.4 is 17.0 Å². The summed E-state index contributed by atoms with van der Waals surface area (Å²) in [5.41, 5.74) is 4.44. The molecule has 1 rings (SSSR count). The quantitative estimate of drug-likeness (QED) is 0.634. The second-order valence-corrected chi connectivity index (χ2v) is 3.73. The summed E-state index contributed by atoms with van der Waals surface area (Å²) in [5.74, 6) is 0. The molecule has 0 spiro atoms. The molecule has 5 heteroatoms. The Morgan fingerprint density at radius 2 is 2.15 bits per heavy atom. The molecule has 1 aromatic heterocycles. The number of hydrogen-bond donors (Lipinski definition) is 2. The summed E-state index contributed by atoms with van der Waals surface area (Å²) >= 11 is 0. The van der Waals surface area contributed by atoms with Gasteiger partial charge < -0.3 is 5.73 Å². The van der Waals surface area contributed by atoms with Gasteiger partial charge in [0.05, 0.1) is 0 Å². The molecule has 1 aromatic rings. The van der Waals surface area contributed by atoms with Crippen LogP contribution in [-0.4, -0.2) is 15.1 Å². The Labute approximate surface area is 75.2 Å². The van der Waals surface area contributed by atoms with Gasteiger partial charge in [-0.05, 0) is 13.8 Å². The second kappa shape index (κ2) is 3.18. The van der Waals surface area contributed by atoms with Crippen molar-refractivity contribution in [2.24, 2.45) is 5.73 Å². The predicted molar refractivity (Wildman–Crippen MR) is 49.6 cm³/mol. The fraction of sp³-hybridized carbons (Fsp3) is 0.500. The zero-order chi connectivity index (χ0) is 10.1. The molecule has 0 aliphatic heterocycles. The Kier molecular flexibility index (Phi) is 2.38. The summed E-state index contributed by atoms with van der Waals surface area (Å²) in [7, 11) is 0. The van der Waals surface area contributed by atoms with Crippen LogP contribution in [0.2, 0.25) is 0 Å². The van der Waals surface area contributed by atoms with E-state index in [0.717, 1.165) is 0 Å². The first-order valence-corrected chi connectivity index (χ1v) is 3.97. The van der Waals surface area contributed by atoms with Gasteiger partial charge in [0, 0.05) is 24.3 Å². The van der Waals surface area contributed by atoms with Crippen LogP contribution in [0.25, 0.3) is 0 Å². The lowest BCUT2D eigenvalue weighted by atomic mass is 10.1. The van der Waals surface area contributed by atoms with E-state index in [4.69, 9.17) is 5.73 Å². The van der Waals surface area contributed by atoms with E-state index in [0.29, 0.717) is 6.54 Å². The number of nitrogens with one attached hydrogen (secondary N) is 1. The third-order valence-corrected chi connectivity index (χ3v) is 1.47. The molecule has 3 N–H and O–H groups in total. The summed E-state index contributed by atoms with van der Waals surface area (Å²) in [6.07, 6.45) is 1.44. The first-order valence-electron chi connectivity index (χ1n) is 3.97. The zero-order valence-electron chi connectivity index (χ0n) is 7.70. The van der Waals surface area contributed by atoms with E-state index < -0.39 is 16.8 Å². The van der Waals surface area contributed by atoms with Gasteiger partial charge in [0.2, 0.25) is 0 Å². The van der Waals surface area contributed by atoms with Gasteiger partial charge >= 0.3 is 5.69 Å². The highest BCUT2D eigenvalue weighted by Gasteiger charge is 2.11. The van der Waals surface area contributed by atoms with Crippen molar-refractivity contribution < 1.29 is 0 Å². The topological polar surface area (TPSA) is 80.9 Å². The van der Waals surface area contributed by atoms with Crippen molar-refractivity contribution in [2.75, 3.05) is 0 Å². The lowest BCUT2D eigenvalue weighted by Gasteiger charge is -2.18. The Bertz CT molecular complexity index is 397. The van der Waals surface area contributed by atoms with Crippen LogP contribution >= 0.6 is 0 Å². The van der Waals surface area contributed by atoms with Crippen molar-refractivity contribution in [1.29, 1.82) is 0 Å². The summed E-state index contributed by atoms with van der Waals surface area (Å²) in [6.45, 7) is 4.00. The lowest BCUT2D eigenvalue weighted by molar-refractivity contribution is 0.421. The summed E-state index contributed by atoms with van der Waals surface area (Å²) in [4.78, 5) is 24.0. The van der Waals surface area contributed by atoms with E-state index in [2.05, 4.69) is 4.98 Å². The van der Waals surface area contributed by atoms with Crippen molar-refractivity contribution in [2.45, 2.75) is 25.9 Å². The van der Waals surface area contributed by atoms with Crippen LogP contribution in [0.1, 0.15) is 13.8 Å². The van der Waals surface area contributed by atoms with Gasteiger partial charge in [0.25, 0.3) is 5.56 Å². The largest absolute Gasteiger partial charge is 0.328 e. The monoisotopic (exact) mass is 183 g/mol. The zero-order valence-corrected chi connectivity index (χ0v) is 7.70. The molecule has 0 saturated carbocycles. The number of aromatic nitrogens is 2. The minimum Gasteiger partial charge on any atom is -0.324 e. The molecule has 0 atom stereocenters. The van der Waals surface area contributed by atoms with E-state index >= 15 is 0 Å². The van der Waals surface area contributed by atoms with Crippen LogP contribution in [0.3, 0.4) is 0 Å². The minimum atomic E-state index is -0.470. The lowest BCUT2D eigenvalue weighted by Crippen LogP contribution is -2.41. The van der Waals surface area contributed by atoms with Crippen molar-refractivity contribution in [3.05, 3.63) is 33.1 Å². The van der Waals surface area contributed by atoms with Gasteiger partial charge in [-0.2, -0.15) is 0 Å². The van der Waals surface area contributed by atoms with Crippen LogP contribution in [0.4, 0.5) is 0 Å². The smallest absolute Gasteiger partial charge is 0.324 e. The van der Waals surface area contributed by atoms with Gasteiger partial charge in [0.15, 0.2) is 0 Å². The number of aromatic amines is 1. The average Bonchev–Trinajstić information content (AvgIpc) is 1.93. The summed E-state index contributed by atoms with van der Waals surface area (Å²) < 4.78 is 1.38. The standard InChI is InChI=1S/C8H13N3O2/c1-8(2,9)5-11-4-3-6(12)10-7(11)13/h3-4H,5,9H2,1-2H3,(H,10,12,13). The normalized spacial score (nSPS) is 11.6. The fourth-order valence-electron chi connectivity index (χ4n) is 1.01. The molecular formula is C8H13N3O2. The Morgan fingerprint density at radius 3 is 2.62 bits per heavy atom. The van der Waals surface area contributed by atoms with E-state index in [1.165, 1.54) is 16.8 Å². The van der Waals surface area contributed by atoms with Gasteiger partial charge in [-0.25, -0.2) is 4.79 Å². The maximum Gasteiger partial charge on any atom is 0.328 e. The van der Waals surface area contributed by atoms with E-state index in [9.17, 15) is 9.59 Å². The molecule has 0 fully saturated rings. The van der Waals surface area contributed by atoms with Crippen molar-refractivity contribution in [1.82, 2.24) is 9.55 Å². The molecule has 1 heterocycles. The molecule has 5 nitrogen and oxygen atoms in total. The first kappa shape index (κ1) is 9.73. The number of hydrogen-bond acceptors (Lipinski definition) is 3. The highest BCUT2D eigenvalue weighted by Crippen LogP contribution is 1.97. The third-order valence-electron chi connectivity index (χ3n) is 1.47. The molecule has 0 aliphatic carbocycles. The number of H-pyrrole nitrogens is 1. The van der Waals surface area contributed by atoms with Crippen molar-refractivity contribution in [3.8, 4) is 0 Å². The molecule has 0 aliphatic rings. The van der Waals surface area contributed by atoms with Crippen LogP contribution in [0.15, 0.2) is 21.9 Å². The number of nitrogens with two attached hydrogens (primary N) is 1. The van der Waals surface area contributed by atoms with E-state index in [-0.39, 0.29) is 0 Å². The average molecular weight is 183 g/mol. The summed E-state index contributed by atoms with van der Waals surface area (Å²) in [6, 6.07) is 1.30. The Hall–Kier alpha value is -1.36. The molecule has 0 unspecified atom stereocenters. The van der Waals surface area contributed by atoms with Crippen LogP contribution in [-0.2, 0) is 6.54 Å². The molecule has 13 heavy (non-hydrogen) atoms. The minimum absolute atomic E-state index is 0.378. The van der Waals surface area contributed by atoms with Crippen molar-refractivity contribution >= 4 is 0 Å². The molecule has 0 bridgehead atoms. The van der Waals surface area contributed by atoms with E-state index in [1.54, 1.807) is 0 Å². The molecule has 0 amide bonds. The van der Waals surface area contributed by atoms with Gasteiger partial charge in [-0.15, -0.1) is 0 Å². The highest BCUT2D eigenvalue weighted by molar-refractivity contribution is 4.85. The Morgan fingerprint density at radius 1 is 1.54 bits per heavy atom. The van der Waals surface area contributed by atoms with Gasteiger partial charge in [-0.1, -0.05) is 0 Å². The number of rotatable bonds is 2. The summed E-state index contributed by atoms with van der Waals surface area (Å²) in [5, 5.41) is 0. The molecule has 0 aromatic carbocycles. The predicted octanol–water partition coefficient (Wildman–Crippen LogP) is -0.726. The van der Waals surface area contributed by atoms with Crippen LogP contribution in [0, 0.1) is 0 Å². The fourth-order valence-corrected chi connectivity index (χ4v) is 1.01. The molecule has 72 valence electrons.